The summed E-state index contributed by atoms with van der Waals surface area (Å²) in [5.74, 6) is -2.10. The fraction of sp³-hybridized carbons (Fsp3) is 0.238. The molecule has 1 atom stereocenters. The molecule has 2 aromatic rings. The van der Waals surface area contributed by atoms with Gasteiger partial charge in [0.05, 0.1) is 24.3 Å². The van der Waals surface area contributed by atoms with Crippen molar-refractivity contribution in [3.05, 3.63) is 64.7 Å². The first-order chi connectivity index (χ1) is 13.8. The molecule has 0 radical (unpaired) electrons. The van der Waals surface area contributed by atoms with E-state index in [4.69, 9.17) is 15.2 Å². The number of amides is 3. The highest BCUT2D eigenvalue weighted by atomic mass is 16.5. The molecular formula is C21H20N2O6. The van der Waals surface area contributed by atoms with E-state index in [1.165, 1.54) is 13.0 Å². The van der Waals surface area contributed by atoms with Crippen LogP contribution in [0.1, 0.15) is 50.5 Å². The summed E-state index contributed by atoms with van der Waals surface area (Å²) in [7, 11) is 0. The summed E-state index contributed by atoms with van der Waals surface area (Å²) in [6.07, 6.45) is -1.11. The Balaban J connectivity index is 1.87. The van der Waals surface area contributed by atoms with E-state index >= 15 is 0 Å². The molecule has 1 aliphatic heterocycles. The minimum absolute atomic E-state index is 0.0234. The number of carbonyl (C=O) groups is 4. The Morgan fingerprint density at radius 3 is 2.24 bits per heavy atom. The first kappa shape index (κ1) is 20.1. The summed E-state index contributed by atoms with van der Waals surface area (Å²) < 4.78 is 10.5. The molecule has 0 bridgehead atoms. The van der Waals surface area contributed by atoms with Crippen LogP contribution in [-0.4, -0.2) is 41.3 Å². The van der Waals surface area contributed by atoms with Crippen molar-refractivity contribution < 1.29 is 28.7 Å². The molecule has 2 aromatic carbocycles. The average Bonchev–Trinajstić information content (AvgIpc) is 2.94. The number of hydrogen-bond acceptors (Lipinski definition) is 6. The SMILES string of the molecule is CCOc1ccc(CN2C(=O)c3ccccc3C2=O)cc1C(=O)O[C@H](C)C(N)=O. The van der Waals surface area contributed by atoms with Crippen molar-refractivity contribution in [2.24, 2.45) is 5.73 Å². The van der Waals surface area contributed by atoms with Gasteiger partial charge in [0, 0.05) is 0 Å². The van der Waals surface area contributed by atoms with E-state index < -0.39 is 29.8 Å². The van der Waals surface area contributed by atoms with E-state index in [1.54, 1.807) is 43.3 Å². The Hall–Kier alpha value is -3.68. The number of esters is 1. The van der Waals surface area contributed by atoms with Crippen LogP contribution >= 0.6 is 0 Å². The molecule has 1 heterocycles. The maximum atomic E-state index is 12.6. The van der Waals surface area contributed by atoms with Crippen LogP contribution in [0.2, 0.25) is 0 Å². The Labute approximate surface area is 167 Å². The summed E-state index contributed by atoms with van der Waals surface area (Å²) in [5, 5.41) is 0. The Bertz CT molecular complexity index is 965. The third kappa shape index (κ3) is 3.96. The van der Waals surface area contributed by atoms with Crippen molar-refractivity contribution in [3.8, 4) is 5.75 Å². The number of benzene rings is 2. The maximum absolute atomic E-state index is 12.6. The number of nitrogens with zero attached hydrogens (tertiary/aromatic N) is 1. The van der Waals surface area contributed by atoms with Crippen molar-refractivity contribution >= 4 is 23.7 Å². The van der Waals surface area contributed by atoms with Crippen LogP contribution < -0.4 is 10.5 Å². The minimum Gasteiger partial charge on any atom is -0.493 e. The van der Waals surface area contributed by atoms with Crippen LogP contribution in [0, 0.1) is 0 Å². The van der Waals surface area contributed by atoms with Gasteiger partial charge in [-0.05, 0) is 43.7 Å². The first-order valence-corrected chi connectivity index (χ1v) is 9.04. The minimum atomic E-state index is -1.11. The summed E-state index contributed by atoms with van der Waals surface area (Å²) in [5.41, 5.74) is 6.44. The van der Waals surface area contributed by atoms with Gasteiger partial charge in [0.2, 0.25) is 0 Å². The van der Waals surface area contributed by atoms with Crippen LogP contribution in [-0.2, 0) is 16.1 Å². The van der Waals surface area contributed by atoms with Crippen molar-refractivity contribution in [1.82, 2.24) is 4.90 Å². The molecule has 8 heteroatoms. The lowest BCUT2D eigenvalue weighted by molar-refractivity contribution is -0.125. The van der Waals surface area contributed by atoms with E-state index in [0.29, 0.717) is 23.3 Å². The lowest BCUT2D eigenvalue weighted by Gasteiger charge is -2.17. The Kier molecular flexibility index (Phi) is 5.63. The molecule has 0 spiro atoms. The molecule has 2 N–H and O–H groups in total. The van der Waals surface area contributed by atoms with Crippen molar-refractivity contribution in [3.63, 3.8) is 0 Å². The molecular weight excluding hydrogens is 376 g/mol. The largest absolute Gasteiger partial charge is 0.493 e. The number of primary amides is 1. The first-order valence-electron chi connectivity index (χ1n) is 9.04. The van der Waals surface area contributed by atoms with Gasteiger partial charge in [0.15, 0.2) is 6.10 Å². The molecule has 150 valence electrons. The van der Waals surface area contributed by atoms with Gasteiger partial charge >= 0.3 is 5.97 Å². The lowest BCUT2D eigenvalue weighted by Crippen LogP contribution is -2.31. The number of hydrogen-bond donors (Lipinski definition) is 1. The van der Waals surface area contributed by atoms with Gasteiger partial charge < -0.3 is 15.2 Å². The van der Waals surface area contributed by atoms with Gasteiger partial charge in [-0.15, -0.1) is 0 Å². The fourth-order valence-electron chi connectivity index (χ4n) is 2.96. The molecule has 0 aromatic heterocycles. The van der Waals surface area contributed by atoms with E-state index in [0.717, 1.165) is 4.90 Å². The average molecular weight is 396 g/mol. The van der Waals surface area contributed by atoms with Crippen LogP contribution in [0.15, 0.2) is 42.5 Å². The van der Waals surface area contributed by atoms with E-state index in [-0.39, 0.29) is 17.9 Å². The molecule has 8 nitrogen and oxygen atoms in total. The zero-order valence-corrected chi connectivity index (χ0v) is 16.0. The quantitative estimate of drug-likeness (QED) is 0.565. The van der Waals surface area contributed by atoms with E-state index in [2.05, 4.69) is 0 Å². The van der Waals surface area contributed by atoms with Gasteiger partial charge in [0.1, 0.15) is 11.3 Å². The summed E-state index contributed by atoms with van der Waals surface area (Å²) in [4.78, 5) is 49.9. The van der Waals surface area contributed by atoms with Crippen molar-refractivity contribution in [1.29, 1.82) is 0 Å². The van der Waals surface area contributed by atoms with Crippen LogP contribution in [0.4, 0.5) is 0 Å². The summed E-state index contributed by atoms with van der Waals surface area (Å²) in [6, 6.07) is 11.3. The molecule has 3 rings (SSSR count). The zero-order chi connectivity index (χ0) is 21.1. The number of carbonyl (C=O) groups excluding carboxylic acids is 4. The fourth-order valence-corrected chi connectivity index (χ4v) is 2.96. The van der Waals surface area contributed by atoms with E-state index in [9.17, 15) is 19.2 Å². The standard InChI is InChI=1S/C21H20N2O6/c1-3-28-17-9-8-13(10-16(17)21(27)29-12(2)18(22)24)11-23-19(25)14-6-4-5-7-15(14)20(23)26/h4-10,12H,3,11H2,1-2H3,(H2,22,24)/t12-/m1/s1. The number of rotatable bonds is 7. The van der Waals surface area contributed by atoms with Crippen LogP contribution in [0.3, 0.4) is 0 Å². The summed E-state index contributed by atoms with van der Waals surface area (Å²) >= 11 is 0. The van der Waals surface area contributed by atoms with Crippen molar-refractivity contribution in [2.75, 3.05) is 6.61 Å². The lowest BCUT2D eigenvalue weighted by atomic mass is 10.1. The molecule has 29 heavy (non-hydrogen) atoms. The topological polar surface area (TPSA) is 116 Å². The number of nitrogens with two attached hydrogens (primary N) is 1. The highest BCUT2D eigenvalue weighted by molar-refractivity contribution is 6.21. The second-order valence-corrected chi connectivity index (χ2v) is 6.46. The molecule has 3 amide bonds. The predicted octanol–water partition coefficient (Wildman–Crippen LogP) is 1.91. The molecule has 0 unspecified atom stereocenters. The monoisotopic (exact) mass is 396 g/mol. The molecule has 0 saturated carbocycles. The maximum Gasteiger partial charge on any atom is 0.342 e. The van der Waals surface area contributed by atoms with Gasteiger partial charge in [-0.3, -0.25) is 19.3 Å². The summed E-state index contributed by atoms with van der Waals surface area (Å²) in [6.45, 7) is 3.41. The van der Waals surface area contributed by atoms with Gasteiger partial charge in [0.25, 0.3) is 17.7 Å². The van der Waals surface area contributed by atoms with Gasteiger partial charge in [-0.25, -0.2) is 4.79 Å². The third-order valence-corrected chi connectivity index (χ3v) is 4.47. The second kappa shape index (κ2) is 8.14. The smallest absolute Gasteiger partial charge is 0.342 e. The van der Waals surface area contributed by atoms with Crippen molar-refractivity contribution in [2.45, 2.75) is 26.5 Å². The molecule has 0 aliphatic carbocycles. The zero-order valence-electron chi connectivity index (χ0n) is 16.0. The Morgan fingerprint density at radius 1 is 1.07 bits per heavy atom. The second-order valence-electron chi connectivity index (χ2n) is 6.46. The highest BCUT2D eigenvalue weighted by Gasteiger charge is 2.35. The van der Waals surface area contributed by atoms with Crippen LogP contribution in [0.5, 0.6) is 5.75 Å². The predicted molar refractivity (Wildman–Crippen MR) is 102 cm³/mol. The van der Waals surface area contributed by atoms with Gasteiger partial charge in [-0.1, -0.05) is 18.2 Å². The highest BCUT2D eigenvalue weighted by Crippen LogP contribution is 2.27. The molecule has 0 saturated heterocycles. The van der Waals surface area contributed by atoms with E-state index in [1.807, 2.05) is 0 Å². The molecule has 0 fully saturated rings. The third-order valence-electron chi connectivity index (χ3n) is 4.47. The number of ether oxygens (including phenoxy) is 2. The van der Waals surface area contributed by atoms with Crippen LogP contribution in [0.25, 0.3) is 0 Å². The van der Waals surface area contributed by atoms with Gasteiger partial charge in [-0.2, -0.15) is 0 Å². The number of imide groups is 1. The Morgan fingerprint density at radius 2 is 1.69 bits per heavy atom. The number of fused-ring (bicyclic) bond motifs is 1. The molecule has 1 aliphatic rings. The normalized spacial score (nSPS) is 13.8.